The van der Waals surface area contributed by atoms with Gasteiger partial charge in [-0.1, -0.05) is 83.9 Å². The Morgan fingerprint density at radius 2 is 1.13 bits per heavy atom. The summed E-state index contributed by atoms with van der Waals surface area (Å²) in [7, 11) is -1.00. The number of alkyl halides is 1. The monoisotopic (exact) mass is 1200 g/mol. The van der Waals surface area contributed by atoms with Gasteiger partial charge in [0, 0.05) is 85.8 Å². The van der Waals surface area contributed by atoms with Gasteiger partial charge in [0.05, 0.1) is 101 Å². The Balaban J connectivity index is 0.000000166. The van der Waals surface area contributed by atoms with Crippen LogP contribution in [0, 0.1) is 20.2 Å². The van der Waals surface area contributed by atoms with E-state index in [0.717, 1.165) is 80.2 Å². The molecule has 446 valence electrons. The molecule has 2 saturated heterocycles. The third kappa shape index (κ3) is 15.4. The molecule has 24 heteroatoms. The Hall–Kier alpha value is -8.15. The number of halogens is 3. The van der Waals surface area contributed by atoms with Crippen molar-refractivity contribution in [3.8, 4) is 0 Å². The van der Waals surface area contributed by atoms with E-state index in [1.165, 1.54) is 47.0 Å². The van der Waals surface area contributed by atoms with E-state index in [1.54, 1.807) is 23.4 Å². The van der Waals surface area contributed by atoms with Crippen molar-refractivity contribution < 1.29 is 39.8 Å². The number of nitro groups is 2. The van der Waals surface area contributed by atoms with E-state index in [-0.39, 0.29) is 41.0 Å². The quantitative estimate of drug-likeness (QED) is 0.0531. The molecule has 85 heavy (non-hydrogen) atoms. The van der Waals surface area contributed by atoms with Gasteiger partial charge in [0.15, 0.2) is 0 Å². The van der Waals surface area contributed by atoms with Gasteiger partial charge in [-0.2, -0.15) is 0 Å². The standard InChI is InChI=1S/C30H31ClN6O4.C19H21ClN4.C11H12N2O5.CH3F/c31-26-18-32-30(35-28(26)24-10-8-19-4-1-2-7-23(19)24)34-21-6-3-5-20(16-21)33-29(38)25-11-9-22(37(39)40)17-27(25)36-12-14-41-15-13-36;20-17-11-22-19(23-14-6-3-5-13(21)10-14)24-18(17)16-9-8-12-4-1-2-7-15(12)16;14-11(15)9-2-1-8(13(16)17)7-10(9)12-3-5-18-6-4-12;1-2/h1-2,4,7,9-11,17-18,20-21H,3,5-6,8,12-16H2,(H,33,38)(H,32,34,35);1-2,4,7,9,11,13-14H,3,5-6,8,10,21H2,(H,22,23,24);1-2,7H,3-6H2,(H,14,15);1H3/t20-,21+;13-,14+;;/m00../s1/i;;;1D. The molecule has 4 aromatic carbocycles. The predicted octanol–water partition coefficient (Wildman–Crippen LogP) is 10.5. The Kier molecular flexibility index (Phi) is 20.5. The van der Waals surface area contributed by atoms with E-state index < -0.39 is 23.0 Å². The van der Waals surface area contributed by atoms with Crippen molar-refractivity contribution in [2.24, 2.45) is 5.73 Å². The summed E-state index contributed by atoms with van der Waals surface area (Å²) in [5, 5.41) is 42.4. The highest BCUT2D eigenvalue weighted by Gasteiger charge is 2.29. The first-order chi connectivity index (χ1) is 41.7. The molecule has 4 atom stereocenters. The van der Waals surface area contributed by atoms with Crippen molar-refractivity contribution >= 4 is 80.9 Å². The Labute approximate surface area is 502 Å². The van der Waals surface area contributed by atoms with Crippen LogP contribution >= 0.6 is 23.2 Å². The van der Waals surface area contributed by atoms with Gasteiger partial charge in [-0.05, 0) is 98.6 Å². The second-order valence-electron chi connectivity index (χ2n) is 21.1. The number of carbonyl (C=O) groups is 2. The number of hydrogen-bond donors (Lipinski definition) is 5. The zero-order valence-electron chi connectivity index (χ0n) is 47.6. The number of hydrogen-bond acceptors (Lipinski definition) is 17. The van der Waals surface area contributed by atoms with Gasteiger partial charge >= 0.3 is 5.97 Å². The molecule has 4 fully saturated rings. The fraction of sp³-hybridized carbons (Fsp3) is 0.377. The number of fused-ring (bicyclic) bond motifs is 2. The number of aromatic nitrogens is 4. The van der Waals surface area contributed by atoms with Crippen molar-refractivity contribution in [2.45, 2.75) is 88.4 Å². The topological polar surface area (TPSA) is 279 Å². The summed E-state index contributed by atoms with van der Waals surface area (Å²) >= 11 is 12.9. The molecule has 12 rings (SSSR count). The summed E-state index contributed by atoms with van der Waals surface area (Å²) in [4.78, 5) is 67.8. The molecule has 6 aliphatic rings. The molecule has 0 bridgehead atoms. The van der Waals surface area contributed by atoms with E-state index >= 15 is 0 Å². The number of carbonyl (C=O) groups excluding carboxylic acids is 1. The lowest BCUT2D eigenvalue weighted by molar-refractivity contribution is -0.385. The normalized spacial score (nSPS) is 19.7. The summed E-state index contributed by atoms with van der Waals surface area (Å²) in [6.45, 7) is 4.20. The number of aromatic carboxylic acids is 1. The van der Waals surface area contributed by atoms with Crippen molar-refractivity contribution in [1.29, 1.82) is 0 Å². The Bertz CT molecular complexity index is 3480. The zero-order valence-corrected chi connectivity index (χ0v) is 48.2. The highest BCUT2D eigenvalue weighted by molar-refractivity contribution is 6.32. The van der Waals surface area contributed by atoms with Crippen LogP contribution in [0.4, 0.5) is 39.0 Å². The number of amides is 1. The number of nitrogens with one attached hydrogen (secondary N) is 3. The van der Waals surface area contributed by atoms with Crippen LogP contribution in [-0.2, 0) is 22.3 Å². The molecule has 0 unspecified atom stereocenters. The van der Waals surface area contributed by atoms with Crippen LogP contribution in [0.5, 0.6) is 0 Å². The minimum atomic E-state index is -1.09. The zero-order chi connectivity index (χ0) is 60.7. The molecular weight excluding hydrogens is 1130 g/mol. The first-order valence-electron chi connectivity index (χ1n) is 28.9. The minimum Gasteiger partial charge on any atom is -0.478 e. The molecule has 21 nitrogen and oxygen atoms in total. The summed E-state index contributed by atoms with van der Waals surface area (Å²) in [5.74, 6) is -0.175. The van der Waals surface area contributed by atoms with Crippen LogP contribution in [0.3, 0.4) is 0 Å². The number of non-ortho nitro benzene ring substituents is 2. The van der Waals surface area contributed by atoms with Crippen LogP contribution < -0.4 is 31.5 Å². The van der Waals surface area contributed by atoms with E-state index in [1.807, 2.05) is 17.0 Å². The Morgan fingerprint density at radius 1 is 0.682 bits per heavy atom. The molecule has 4 aliphatic carbocycles. The lowest BCUT2D eigenvalue weighted by atomic mass is 9.90. The lowest BCUT2D eigenvalue weighted by Crippen LogP contribution is -2.43. The van der Waals surface area contributed by atoms with E-state index in [2.05, 4.69) is 74.5 Å². The highest BCUT2D eigenvalue weighted by atomic mass is 35.5. The predicted molar refractivity (Wildman–Crippen MR) is 326 cm³/mol. The van der Waals surface area contributed by atoms with E-state index in [9.17, 15) is 34.2 Å². The molecule has 0 radical (unpaired) electrons. The van der Waals surface area contributed by atoms with Gasteiger partial charge < -0.3 is 46.1 Å². The number of allylic oxidation sites excluding steroid dienone is 2. The van der Waals surface area contributed by atoms with Gasteiger partial charge in [-0.25, -0.2) is 24.7 Å². The van der Waals surface area contributed by atoms with Crippen LogP contribution in [-0.4, -0.2) is 131 Å². The molecule has 6 N–H and O–H groups in total. The van der Waals surface area contributed by atoms with Crippen LogP contribution in [0.1, 0.15) is 107 Å². The van der Waals surface area contributed by atoms with Gasteiger partial charge in [0.25, 0.3) is 17.3 Å². The molecule has 1 amide bonds. The first kappa shape index (κ1) is 60.0. The number of morpholine rings is 2. The minimum absolute atomic E-state index is 0.0378. The smallest absolute Gasteiger partial charge is 0.337 e. The number of benzene rings is 4. The molecule has 0 spiro atoms. The fourth-order valence-corrected chi connectivity index (χ4v) is 11.9. The van der Waals surface area contributed by atoms with Crippen LogP contribution in [0.25, 0.3) is 11.1 Å². The maximum Gasteiger partial charge on any atom is 0.337 e. The van der Waals surface area contributed by atoms with Crippen LogP contribution in [0.2, 0.25) is 10.0 Å². The fourth-order valence-electron chi connectivity index (χ4n) is 11.5. The van der Waals surface area contributed by atoms with Crippen LogP contribution in [0.15, 0.2) is 109 Å². The van der Waals surface area contributed by atoms with Gasteiger partial charge in [-0.15, -0.1) is 0 Å². The number of nitro benzene ring substituents is 2. The number of rotatable bonds is 13. The summed E-state index contributed by atoms with van der Waals surface area (Å²) in [6, 6.07) is 25.5. The van der Waals surface area contributed by atoms with Gasteiger partial charge in [-0.3, -0.25) is 29.4 Å². The Morgan fingerprint density at radius 3 is 1.61 bits per heavy atom. The number of nitrogens with zero attached hydrogens (tertiary/aromatic N) is 8. The average Bonchev–Trinajstić information content (AvgIpc) is 2.92. The number of carboxylic acids is 1. The second kappa shape index (κ2) is 29.1. The molecular formula is C61H67Cl2FN12O9. The SMILES string of the molecule is N[C@H]1CCC[C@@H](Nc2ncc(Cl)c(C3=CCc4ccccc43)n2)C1.O=C(N[C@H]1CCC[C@@H](Nc2ncc(Cl)c(C3=CCc4ccccc43)n2)C1)c1ccc([N+](=O)[O-])cc1N1CCOCC1.O=C(O)c1ccc([N+](=O)[O-])cc1N1CCOCC1.[2H]CF. The third-order valence-electron chi connectivity index (χ3n) is 15.6. The maximum atomic E-state index is 13.4. The molecule has 2 aliphatic heterocycles. The van der Waals surface area contributed by atoms with Crippen molar-refractivity contribution in [3.63, 3.8) is 0 Å². The third-order valence-corrected chi connectivity index (χ3v) is 16.2. The lowest BCUT2D eigenvalue weighted by Gasteiger charge is -2.32. The molecule has 4 heterocycles. The highest BCUT2D eigenvalue weighted by Crippen LogP contribution is 2.38. The molecule has 6 aromatic rings. The average molecular weight is 1200 g/mol. The van der Waals surface area contributed by atoms with Gasteiger partial charge in [0.1, 0.15) is 0 Å². The number of anilines is 4. The number of carboxylic acid groups (broad SMARTS) is 1. The molecule has 2 saturated carbocycles. The second-order valence-corrected chi connectivity index (χ2v) is 21.9. The van der Waals surface area contributed by atoms with E-state index in [0.29, 0.717) is 110 Å². The van der Waals surface area contributed by atoms with Gasteiger partial charge in [0.2, 0.25) is 11.9 Å². The number of ether oxygens (including phenoxy) is 2. The largest absolute Gasteiger partial charge is 0.478 e. The summed E-state index contributed by atoms with van der Waals surface area (Å²) in [5.41, 5.74) is 15.9. The first-order valence-corrected chi connectivity index (χ1v) is 29.0. The summed E-state index contributed by atoms with van der Waals surface area (Å²) < 4.78 is 26.1. The van der Waals surface area contributed by atoms with E-state index in [4.69, 9.17) is 54.9 Å². The number of nitrogens with two attached hydrogens (primary N) is 1. The maximum absolute atomic E-state index is 13.4. The van der Waals surface area contributed by atoms with Crippen molar-refractivity contribution in [1.82, 2.24) is 25.3 Å². The summed E-state index contributed by atoms with van der Waals surface area (Å²) in [6.07, 6.45) is 17.2. The molecule has 2 aromatic heterocycles. The van der Waals surface area contributed by atoms with Crippen molar-refractivity contribution in [2.75, 3.05) is 80.2 Å². The van der Waals surface area contributed by atoms with Crippen molar-refractivity contribution in [3.05, 3.63) is 185 Å².